The molecule has 1 spiro atoms. The van der Waals surface area contributed by atoms with Crippen LogP contribution in [0.1, 0.15) is 50.6 Å². The van der Waals surface area contributed by atoms with Crippen molar-refractivity contribution >= 4 is 5.82 Å². The molecule has 1 aliphatic heterocycles. The Hall–Kier alpha value is -1.10. The smallest absolute Gasteiger partial charge is 0.168 e. The first-order chi connectivity index (χ1) is 8.69. The molecular formula is C13H22N4O. The average molecular weight is 250 g/mol. The van der Waals surface area contributed by atoms with Gasteiger partial charge in [-0.05, 0) is 32.6 Å². The number of hydrogen-bond acceptors (Lipinski definition) is 4. The van der Waals surface area contributed by atoms with Crippen LogP contribution in [0.5, 0.6) is 0 Å². The first-order valence-electron chi connectivity index (χ1n) is 7.02. The van der Waals surface area contributed by atoms with Crippen LogP contribution in [0.4, 0.5) is 5.82 Å². The highest BCUT2D eigenvalue weighted by atomic mass is 16.5. The second kappa shape index (κ2) is 4.53. The van der Waals surface area contributed by atoms with Crippen LogP contribution < -0.4 is 5.73 Å². The van der Waals surface area contributed by atoms with Crippen molar-refractivity contribution in [3.05, 3.63) is 5.69 Å². The Labute approximate surface area is 108 Å². The zero-order valence-corrected chi connectivity index (χ0v) is 11.1. The highest BCUT2D eigenvalue weighted by Crippen LogP contribution is 2.42. The summed E-state index contributed by atoms with van der Waals surface area (Å²) in [4.78, 5) is 0. The van der Waals surface area contributed by atoms with Crippen molar-refractivity contribution in [2.75, 3.05) is 5.73 Å². The van der Waals surface area contributed by atoms with Crippen molar-refractivity contribution in [1.82, 2.24) is 15.0 Å². The molecule has 0 aromatic carbocycles. The molecule has 1 saturated carbocycles. The summed E-state index contributed by atoms with van der Waals surface area (Å²) < 4.78 is 8.21. The molecule has 1 atom stereocenters. The number of nitrogens with zero attached hydrogens (tertiary/aromatic N) is 3. The molecule has 18 heavy (non-hydrogen) atoms. The van der Waals surface area contributed by atoms with Gasteiger partial charge in [0.2, 0.25) is 0 Å². The third-order valence-electron chi connectivity index (χ3n) is 4.50. The largest absolute Gasteiger partial charge is 0.381 e. The van der Waals surface area contributed by atoms with E-state index >= 15 is 0 Å². The fourth-order valence-electron chi connectivity index (χ4n) is 3.33. The van der Waals surface area contributed by atoms with Gasteiger partial charge in [-0.3, -0.25) is 0 Å². The summed E-state index contributed by atoms with van der Waals surface area (Å²) in [5, 5.41) is 7.97. The number of hydrogen-bond donors (Lipinski definition) is 1. The molecule has 2 aliphatic rings. The van der Waals surface area contributed by atoms with Gasteiger partial charge in [-0.15, -0.1) is 5.10 Å². The Bertz CT molecular complexity index is 423. The molecule has 1 aromatic rings. The lowest BCUT2D eigenvalue weighted by atomic mass is 9.83. The van der Waals surface area contributed by atoms with Gasteiger partial charge in [0.15, 0.2) is 5.82 Å². The zero-order valence-electron chi connectivity index (χ0n) is 11.1. The molecule has 5 nitrogen and oxygen atoms in total. The first-order valence-corrected chi connectivity index (χ1v) is 7.02. The van der Waals surface area contributed by atoms with Gasteiger partial charge < -0.3 is 10.5 Å². The molecule has 0 amide bonds. The number of rotatable bonds is 2. The molecule has 1 saturated heterocycles. The second-order valence-electron chi connectivity index (χ2n) is 5.76. The summed E-state index contributed by atoms with van der Waals surface area (Å²) in [7, 11) is 0. The first kappa shape index (κ1) is 12.0. The van der Waals surface area contributed by atoms with Crippen LogP contribution in [0.2, 0.25) is 0 Å². The van der Waals surface area contributed by atoms with Gasteiger partial charge >= 0.3 is 0 Å². The average Bonchev–Trinajstić information content (AvgIpc) is 2.90. The lowest BCUT2D eigenvalue weighted by Gasteiger charge is -2.33. The summed E-state index contributed by atoms with van der Waals surface area (Å²) >= 11 is 0. The predicted molar refractivity (Wildman–Crippen MR) is 69.1 cm³/mol. The Morgan fingerprint density at radius 2 is 2.11 bits per heavy atom. The quantitative estimate of drug-likeness (QED) is 0.872. The number of aromatic nitrogens is 3. The molecule has 2 heterocycles. The van der Waals surface area contributed by atoms with E-state index in [1.54, 1.807) is 0 Å². The van der Waals surface area contributed by atoms with Crippen molar-refractivity contribution in [2.45, 2.75) is 70.1 Å². The van der Waals surface area contributed by atoms with Gasteiger partial charge in [0.25, 0.3) is 0 Å². The number of anilines is 1. The fraction of sp³-hybridized carbons (Fsp3) is 0.846. The highest BCUT2D eigenvalue weighted by molar-refractivity contribution is 5.31. The topological polar surface area (TPSA) is 66.0 Å². The van der Waals surface area contributed by atoms with Gasteiger partial charge in [0.1, 0.15) is 0 Å². The lowest BCUT2D eigenvalue weighted by molar-refractivity contribution is -0.0691. The van der Waals surface area contributed by atoms with Gasteiger partial charge in [0, 0.05) is 0 Å². The van der Waals surface area contributed by atoms with Crippen molar-refractivity contribution in [1.29, 1.82) is 0 Å². The van der Waals surface area contributed by atoms with Crippen LogP contribution in [-0.2, 0) is 11.3 Å². The standard InChI is InChI=1S/C13H22N4O/c1-10-12(14)15-16-17(10)9-11-5-8-13(18-11)6-3-2-4-7-13/h11H,2-9,14H2,1H3. The molecule has 5 heteroatoms. The number of ether oxygens (including phenoxy) is 1. The third kappa shape index (κ3) is 2.11. The highest BCUT2D eigenvalue weighted by Gasteiger charge is 2.40. The molecular weight excluding hydrogens is 228 g/mol. The molecule has 1 unspecified atom stereocenters. The van der Waals surface area contributed by atoms with Crippen LogP contribution in [0.3, 0.4) is 0 Å². The summed E-state index contributed by atoms with van der Waals surface area (Å²) in [5.74, 6) is 0.528. The van der Waals surface area contributed by atoms with E-state index < -0.39 is 0 Å². The molecule has 1 aliphatic carbocycles. The van der Waals surface area contributed by atoms with Gasteiger partial charge in [-0.25, -0.2) is 4.68 Å². The number of nitrogen functional groups attached to an aromatic ring is 1. The van der Waals surface area contributed by atoms with E-state index in [4.69, 9.17) is 10.5 Å². The Kier molecular flexibility index (Phi) is 3.01. The van der Waals surface area contributed by atoms with Crippen molar-refractivity contribution in [3.8, 4) is 0 Å². The van der Waals surface area contributed by atoms with E-state index in [2.05, 4.69) is 10.3 Å². The van der Waals surface area contributed by atoms with Crippen LogP contribution in [0.25, 0.3) is 0 Å². The van der Waals surface area contributed by atoms with E-state index in [0.717, 1.165) is 18.7 Å². The molecule has 3 rings (SSSR count). The lowest BCUT2D eigenvalue weighted by Crippen LogP contribution is -2.32. The molecule has 0 radical (unpaired) electrons. The Balaban J connectivity index is 1.64. The number of nitrogens with two attached hydrogens (primary N) is 1. The van der Waals surface area contributed by atoms with E-state index in [-0.39, 0.29) is 11.7 Å². The molecule has 0 bridgehead atoms. The monoisotopic (exact) mass is 250 g/mol. The summed E-state index contributed by atoms with van der Waals surface area (Å²) in [6, 6.07) is 0. The minimum atomic E-state index is 0.183. The van der Waals surface area contributed by atoms with Crippen LogP contribution in [-0.4, -0.2) is 26.7 Å². The van der Waals surface area contributed by atoms with Crippen molar-refractivity contribution in [3.63, 3.8) is 0 Å². The van der Waals surface area contributed by atoms with E-state index in [1.165, 1.54) is 38.5 Å². The van der Waals surface area contributed by atoms with E-state index in [1.807, 2.05) is 11.6 Å². The minimum absolute atomic E-state index is 0.183. The zero-order chi connectivity index (χ0) is 12.6. The van der Waals surface area contributed by atoms with Crippen LogP contribution in [0, 0.1) is 6.92 Å². The maximum Gasteiger partial charge on any atom is 0.168 e. The third-order valence-corrected chi connectivity index (χ3v) is 4.50. The summed E-state index contributed by atoms with van der Waals surface area (Å²) in [6.07, 6.45) is 9.12. The van der Waals surface area contributed by atoms with Crippen molar-refractivity contribution < 1.29 is 4.74 Å². The van der Waals surface area contributed by atoms with Crippen LogP contribution >= 0.6 is 0 Å². The normalized spacial score (nSPS) is 26.8. The summed E-state index contributed by atoms with van der Waals surface area (Å²) in [6.45, 7) is 2.75. The predicted octanol–water partition coefficient (Wildman–Crippen LogP) is 2.05. The Morgan fingerprint density at radius 1 is 1.33 bits per heavy atom. The molecule has 2 N–H and O–H groups in total. The molecule has 1 aromatic heterocycles. The SMILES string of the molecule is Cc1c(N)nnn1CC1CCC2(CCCCC2)O1. The van der Waals surface area contributed by atoms with E-state index in [9.17, 15) is 0 Å². The minimum Gasteiger partial charge on any atom is -0.381 e. The molecule has 2 fully saturated rings. The van der Waals surface area contributed by atoms with Crippen LogP contribution in [0.15, 0.2) is 0 Å². The Morgan fingerprint density at radius 3 is 2.78 bits per heavy atom. The van der Waals surface area contributed by atoms with Gasteiger partial charge in [-0.1, -0.05) is 24.5 Å². The van der Waals surface area contributed by atoms with Gasteiger partial charge in [-0.2, -0.15) is 0 Å². The maximum atomic E-state index is 6.33. The maximum absolute atomic E-state index is 6.33. The van der Waals surface area contributed by atoms with E-state index in [0.29, 0.717) is 5.82 Å². The molecule has 100 valence electrons. The van der Waals surface area contributed by atoms with Crippen molar-refractivity contribution in [2.24, 2.45) is 0 Å². The second-order valence-corrected chi connectivity index (χ2v) is 5.76. The fourth-order valence-corrected chi connectivity index (χ4v) is 3.33. The summed E-state index contributed by atoms with van der Waals surface area (Å²) in [5.41, 5.74) is 6.85. The van der Waals surface area contributed by atoms with Gasteiger partial charge in [0.05, 0.1) is 23.9 Å².